The van der Waals surface area contributed by atoms with Crippen LogP contribution in [0.2, 0.25) is 0 Å². The Balaban J connectivity index is 1.49. The first-order chi connectivity index (χ1) is 11.2. The highest BCUT2D eigenvalue weighted by Crippen LogP contribution is 2.24. The number of pyridine rings is 1. The number of ether oxygens (including phenoxy) is 1. The van der Waals surface area contributed by atoms with Crippen molar-refractivity contribution in [3.8, 4) is 5.88 Å². The number of halogens is 1. The predicted octanol–water partition coefficient (Wildman–Crippen LogP) is 3.21. The highest BCUT2D eigenvalue weighted by Gasteiger charge is 2.28. The van der Waals surface area contributed by atoms with Crippen molar-refractivity contribution < 1.29 is 9.53 Å². The molecule has 1 aromatic carbocycles. The Kier molecular flexibility index (Phi) is 5.12. The molecule has 2 heterocycles. The molecule has 2 aromatic rings. The highest BCUT2D eigenvalue weighted by molar-refractivity contribution is 9.10. The van der Waals surface area contributed by atoms with Crippen LogP contribution in [0.5, 0.6) is 5.88 Å². The molecule has 5 nitrogen and oxygen atoms in total. The van der Waals surface area contributed by atoms with Crippen molar-refractivity contribution in [2.75, 3.05) is 13.1 Å². The largest absolute Gasteiger partial charge is 0.472 e. The van der Waals surface area contributed by atoms with Gasteiger partial charge in [-0.25, -0.2) is 9.78 Å². The summed E-state index contributed by atoms with van der Waals surface area (Å²) in [5, 5.41) is 2.94. The lowest BCUT2D eigenvalue weighted by molar-refractivity contribution is 0.182. The lowest BCUT2D eigenvalue weighted by Gasteiger charge is -2.18. The fraction of sp³-hybridized carbons (Fsp3) is 0.294. The Bertz CT molecular complexity index is 666. The summed E-state index contributed by atoms with van der Waals surface area (Å²) >= 11 is 3.42. The maximum absolute atomic E-state index is 12.2. The van der Waals surface area contributed by atoms with E-state index in [1.165, 1.54) is 0 Å². The van der Waals surface area contributed by atoms with Gasteiger partial charge in [-0.2, -0.15) is 0 Å². The molecule has 1 aromatic heterocycles. The number of hydrogen-bond donors (Lipinski definition) is 1. The van der Waals surface area contributed by atoms with E-state index >= 15 is 0 Å². The van der Waals surface area contributed by atoms with E-state index in [-0.39, 0.29) is 12.1 Å². The van der Waals surface area contributed by atoms with Crippen LogP contribution in [0.4, 0.5) is 4.79 Å². The van der Waals surface area contributed by atoms with E-state index in [1.54, 1.807) is 11.1 Å². The van der Waals surface area contributed by atoms with Gasteiger partial charge in [0.15, 0.2) is 0 Å². The molecule has 1 atom stereocenters. The third-order valence-corrected chi connectivity index (χ3v) is 4.33. The van der Waals surface area contributed by atoms with E-state index in [4.69, 9.17) is 4.74 Å². The fourth-order valence-electron chi connectivity index (χ4n) is 2.51. The number of hydrogen-bond acceptors (Lipinski definition) is 3. The summed E-state index contributed by atoms with van der Waals surface area (Å²) in [6.45, 7) is 1.80. The number of amides is 2. The van der Waals surface area contributed by atoms with Gasteiger partial charge >= 0.3 is 6.03 Å². The molecule has 0 radical (unpaired) electrons. The molecule has 0 spiro atoms. The van der Waals surface area contributed by atoms with Gasteiger partial charge in [0.1, 0.15) is 6.10 Å². The lowest BCUT2D eigenvalue weighted by atomic mass is 10.2. The van der Waals surface area contributed by atoms with Gasteiger partial charge in [-0.15, -0.1) is 0 Å². The molecule has 2 amide bonds. The number of likely N-dealkylation sites (tertiary alicyclic amines) is 1. The Morgan fingerprint density at radius 2 is 2.13 bits per heavy atom. The second-order valence-corrected chi connectivity index (χ2v) is 6.26. The molecule has 0 saturated carbocycles. The minimum absolute atomic E-state index is 0.0244. The monoisotopic (exact) mass is 375 g/mol. The molecule has 0 aliphatic carbocycles. The molecular formula is C17H18BrN3O2. The van der Waals surface area contributed by atoms with Crippen molar-refractivity contribution in [2.45, 2.75) is 19.1 Å². The van der Waals surface area contributed by atoms with E-state index in [0.717, 1.165) is 16.5 Å². The Morgan fingerprint density at radius 1 is 1.30 bits per heavy atom. The zero-order valence-electron chi connectivity index (χ0n) is 12.6. The average molecular weight is 376 g/mol. The third-order valence-electron chi connectivity index (χ3n) is 3.72. The van der Waals surface area contributed by atoms with Crippen molar-refractivity contribution in [3.05, 3.63) is 58.7 Å². The topological polar surface area (TPSA) is 54.5 Å². The summed E-state index contributed by atoms with van der Waals surface area (Å²) in [5.74, 6) is 0.573. The first-order valence-corrected chi connectivity index (χ1v) is 8.35. The third kappa shape index (κ3) is 4.22. The molecule has 1 N–H and O–H groups in total. The lowest BCUT2D eigenvalue weighted by Crippen LogP contribution is -2.39. The number of nitrogens with one attached hydrogen (secondary N) is 1. The summed E-state index contributed by atoms with van der Waals surface area (Å²) in [6.07, 6.45) is 2.48. The Labute approximate surface area is 143 Å². The number of carbonyl (C=O) groups is 1. The molecule has 120 valence electrons. The highest BCUT2D eigenvalue weighted by atomic mass is 79.9. The molecule has 23 heavy (non-hydrogen) atoms. The molecule has 1 aliphatic rings. The predicted molar refractivity (Wildman–Crippen MR) is 91.2 cm³/mol. The standard InChI is InChI=1S/C17H18BrN3O2/c18-15-7-4-9-19-16(15)23-14-8-10-21(12-14)17(22)20-11-13-5-2-1-3-6-13/h1-7,9,14H,8,10-12H2,(H,20,22). The molecule has 1 saturated heterocycles. The maximum atomic E-state index is 12.2. The summed E-state index contributed by atoms with van der Waals surface area (Å²) in [4.78, 5) is 18.2. The number of urea groups is 1. The van der Waals surface area contributed by atoms with Gasteiger partial charge in [0.05, 0.1) is 11.0 Å². The van der Waals surface area contributed by atoms with Crippen LogP contribution in [0, 0.1) is 0 Å². The quantitative estimate of drug-likeness (QED) is 0.892. The average Bonchev–Trinajstić information content (AvgIpc) is 3.04. The second kappa shape index (κ2) is 7.46. The molecule has 0 bridgehead atoms. The van der Waals surface area contributed by atoms with Gasteiger partial charge in [0, 0.05) is 25.7 Å². The van der Waals surface area contributed by atoms with Crippen LogP contribution in [0.1, 0.15) is 12.0 Å². The van der Waals surface area contributed by atoms with Crippen LogP contribution in [0.25, 0.3) is 0 Å². The van der Waals surface area contributed by atoms with Gasteiger partial charge in [-0.3, -0.25) is 0 Å². The zero-order valence-corrected chi connectivity index (χ0v) is 14.2. The smallest absolute Gasteiger partial charge is 0.317 e. The van der Waals surface area contributed by atoms with Crippen LogP contribution in [-0.4, -0.2) is 35.1 Å². The van der Waals surface area contributed by atoms with E-state index in [2.05, 4.69) is 26.2 Å². The van der Waals surface area contributed by atoms with Gasteiger partial charge in [0.2, 0.25) is 5.88 Å². The van der Waals surface area contributed by atoms with Crippen LogP contribution in [0.15, 0.2) is 53.1 Å². The summed E-state index contributed by atoms with van der Waals surface area (Å²) < 4.78 is 6.70. The van der Waals surface area contributed by atoms with Crippen LogP contribution >= 0.6 is 15.9 Å². The molecular weight excluding hydrogens is 358 g/mol. The first-order valence-electron chi connectivity index (χ1n) is 7.56. The zero-order chi connectivity index (χ0) is 16.1. The summed E-state index contributed by atoms with van der Waals surface area (Å²) in [5.41, 5.74) is 1.09. The Hall–Kier alpha value is -2.08. The molecule has 6 heteroatoms. The van der Waals surface area contributed by atoms with Gasteiger partial charge in [0.25, 0.3) is 0 Å². The molecule has 1 aliphatic heterocycles. The van der Waals surface area contributed by atoms with Crippen LogP contribution in [-0.2, 0) is 6.54 Å². The SMILES string of the molecule is O=C(NCc1ccccc1)N1CCC(Oc2ncccc2Br)C1. The van der Waals surface area contributed by atoms with Crippen molar-refractivity contribution in [1.29, 1.82) is 0 Å². The van der Waals surface area contributed by atoms with Crippen molar-refractivity contribution in [3.63, 3.8) is 0 Å². The molecule has 1 fully saturated rings. The van der Waals surface area contributed by atoms with E-state index in [9.17, 15) is 4.79 Å². The normalized spacial score (nSPS) is 17.1. The minimum Gasteiger partial charge on any atom is -0.472 e. The first kappa shape index (κ1) is 15.8. The number of rotatable bonds is 4. The van der Waals surface area contributed by atoms with E-state index in [0.29, 0.717) is 25.5 Å². The Morgan fingerprint density at radius 3 is 2.91 bits per heavy atom. The second-order valence-electron chi connectivity index (χ2n) is 5.41. The van der Waals surface area contributed by atoms with Crippen LogP contribution < -0.4 is 10.1 Å². The van der Waals surface area contributed by atoms with E-state index < -0.39 is 0 Å². The number of nitrogens with zero attached hydrogens (tertiary/aromatic N) is 2. The van der Waals surface area contributed by atoms with Gasteiger partial charge in [-0.1, -0.05) is 30.3 Å². The van der Waals surface area contributed by atoms with E-state index in [1.807, 2.05) is 42.5 Å². The van der Waals surface area contributed by atoms with Crippen molar-refractivity contribution in [1.82, 2.24) is 15.2 Å². The minimum atomic E-state index is -0.0555. The number of aromatic nitrogens is 1. The maximum Gasteiger partial charge on any atom is 0.317 e. The summed E-state index contributed by atoms with van der Waals surface area (Å²) in [7, 11) is 0. The van der Waals surface area contributed by atoms with Crippen molar-refractivity contribution in [2.24, 2.45) is 0 Å². The number of carbonyl (C=O) groups excluding carboxylic acids is 1. The van der Waals surface area contributed by atoms with Crippen molar-refractivity contribution >= 4 is 22.0 Å². The van der Waals surface area contributed by atoms with Crippen LogP contribution in [0.3, 0.4) is 0 Å². The number of benzene rings is 1. The fourth-order valence-corrected chi connectivity index (χ4v) is 2.86. The molecule has 3 rings (SSSR count). The van der Waals surface area contributed by atoms with Gasteiger partial charge in [-0.05, 0) is 33.6 Å². The molecule has 1 unspecified atom stereocenters. The summed E-state index contributed by atoms with van der Waals surface area (Å²) in [6, 6.07) is 13.6. The van der Waals surface area contributed by atoms with Gasteiger partial charge < -0.3 is 15.0 Å².